The number of hydrogen-bond acceptors (Lipinski definition) is 5. The van der Waals surface area contributed by atoms with E-state index in [1.165, 1.54) is 45.2 Å². The topological polar surface area (TPSA) is 92.3 Å². The minimum Gasteiger partial charge on any atom is -0.496 e. The molecule has 10 heteroatoms. The summed E-state index contributed by atoms with van der Waals surface area (Å²) < 4.78 is 73.4. The van der Waals surface area contributed by atoms with Crippen LogP contribution in [0.5, 0.6) is 5.75 Å². The van der Waals surface area contributed by atoms with Gasteiger partial charge in [0.2, 0.25) is 0 Å². The normalized spacial score (nSPS) is 14.6. The standard InChI is InChI=1S/C24H25F3N2O4S/c1-22(2,19-12-18(34(4,31)32)9-10-21(19)33-3)14-23(30,24(25,26)27)13-17-11-16-7-5-6-8-20(16)29(17)15-28/h5-12,30H,13-14H2,1-4H3. The SMILES string of the molecule is COc1ccc(S(C)(=O)=O)cc1C(C)(C)CC(O)(Cc1cc2ccccc2n1C#N)C(F)(F)F. The predicted molar refractivity (Wildman–Crippen MR) is 121 cm³/mol. The van der Waals surface area contributed by atoms with Crippen LogP contribution in [0.2, 0.25) is 0 Å². The molecule has 3 aromatic rings. The molecule has 182 valence electrons. The molecular formula is C24H25F3N2O4S. The summed E-state index contributed by atoms with van der Waals surface area (Å²) in [7, 11) is -2.31. The molecule has 1 aromatic heterocycles. The number of para-hydroxylation sites is 1. The highest BCUT2D eigenvalue weighted by molar-refractivity contribution is 7.90. The fraction of sp³-hybridized carbons (Fsp3) is 0.375. The van der Waals surface area contributed by atoms with Crippen molar-refractivity contribution in [3.63, 3.8) is 0 Å². The first-order chi connectivity index (χ1) is 15.6. The molecule has 0 bridgehead atoms. The summed E-state index contributed by atoms with van der Waals surface area (Å²) in [4.78, 5) is -0.0727. The lowest BCUT2D eigenvalue weighted by molar-refractivity contribution is -0.266. The Labute approximate surface area is 196 Å². The summed E-state index contributed by atoms with van der Waals surface area (Å²) in [6.45, 7) is 2.96. The van der Waals surface area contributed by atoms with Crippen LogP contribution in [0.25, 0.3) is 10.9 Å². The first-order valence-corrected chi connectivity index (χ1v) is 12.2. The Kier molecular flexibility index (Phi) is 6.50. The van der Waals surface area contributed by atoms with Gasteiger partial charge in [-0.2, -0.15) is 18.4 Å². The highest BCUT2D eigenvalue weighted by Crippen LogP contribution is 2.45. The van der Waals surface area contributed by atoms with E-state index in [4.69, 9.17) is 4.74 Å². The minimum atomic E-state index is -5.04. The maximum atomic E-state index is 14.3. The van der Waals surface area contributed by atoms with E-state index < -0.39 is 39.9 Å². The Bertz CT molecular complexity index is 1370. The molecule has 0 aliphatic heterocycles. The van der Waals surface area contributed by atoms with Gasteiger partial charge >= 0.3 is 6.18 Å². The van der Waals surface area contributed by atoms with Gasteiger partial charge in [0.05, 0.1) is 17.5 Å². The maximum absolute atomic E-state index is 14.3. The Morgan fingerprint density at radius 1 is 1.12 bits per heavy atom. The summed E-state index contributed by atoms with van der Waals surface area (Å²) in [6, 6.07) is 12.1. The van der Waals surface area contributed by atoms with Crippen LogP contribution in [0.15, 0.2) is 53.4 Å². The number of rotatable bonds is 7. The summed E-state index contributed by atoms with van der Waals surface area (Å²) >= 11 is 0. The Morgan fingerprint density at radius 2 is 1.76 bits per heavy atom. The second-order valence-electron chi connectivity index (χ2n) is 9.03. The number of aliphatic hydroxyl groups is 1. The molecule has 0 spiro atoms. The van der Waals surface area contributed by atoms with Crippen molar-refractivity contribution in [3.8, 4) is 11.9 Å². The van der Waals surface area contributed by atoms with Gasteiger partial charge in [-0.05, 0) is 42.2 Å². The van der Waals surface area contributed by atoms with Crippen LogP contribution in [-0.2, 0) is 21.7 Å². The minimum absolute atomic E-state index is 0.0103. The third-order valence-electron chi connectivity index (χ3n) is 5.95. The number of ether oxygens (including phenoxy) is 1. The summed E-state index contributed by atoms with van der Waals surface area (Å²) in [5.74, 6) is 0.202. The predicted octanol–water partition coefficient (Wildman–Crippen LogP) is 4.59. The van der Waals surface area contributed by atoms with Crippen LogP contribution in [0.4, 0.5) is 13.2 Å². The largest absolute Gasteiger partial charge is 0.496 e. The van der Waals surface area contributed by atoms with E-state index >= 15 is 0 Å². The van der Waals surface area contributed by atoms with E-state index in [1.54, 1.807) is 24.3 Å². The highest BCUT2D eigenvalue weighted by atomic mass is 32.2. The van der Waals surface area contributed by atoms with Crippen molar-refractivity contribution < 1.29 is 31.4 Å². The van der Waals surface area contributed by atoms with Gasteiger partial charge in [0.15, 0.2) is 21.6 Å². The fourth-order valence-electron chi connectivity index (χ4n) is 4.30. The van der Waals surface area contributed by atoms with Gasteiger partial charge in [-0.1, -0.05) is 32.0 Å². The van der Waals surface area contributed by atoms with Crippen molar-refractivity contribution in [1.29, 1.82) is 5.26 Å². The zero-order valence-electron chi connectivity index (χ0n) is 19.1. The van der Waals surface area contributed by atoms with Crippen molar-refractivity contribution in [3.05, 3.63) is 59.8 Å². The van der Waals surface area contributed by atoms with Crippen LogP contribution in [-0.4, -0.2) is 43.2 Å². The van der Waals surface area contributed by atoms with Gasteiger partial charge < -0.3 is 9.84 Å². The number of hydrogen-bond donors (Lipinski definition) is 1. The van der Waals surface area contributed by atoms with E-state index in [2.05, 4.69) is 0 Å². The molecule has 6 nitrogen and oxygen atoms in total. The molecule has 0 amide bonds. The second kappa shape index (κ2) is 8.64. The zero-order valence-corrected chi connectivity index (χ0v) is 20.0. The molecule has 0 fully saturated rings. The number of halogens is 3. The molecule has 0 saturated heterocycles. The molecule has 0 radical (unpaired) electrons. The molecule has 1 heterocycles. The van der Waals surface area contributed by atoms with Crippen molar-refractivity contribution in [1.82, 2.24) is 4.57 Å². The molecule has 0 aliphatic rings. The van der Waals surface area contributed by atoms with Crippen LogP contribution in [0, 0.1) is 11.5 Å². The van der Waals surface area contributed by atoms with E-state index in [0.29, 0.717) is 10.9 Å². The lowest BCUT2D eigenvalue weighted by Gasteiger charge is -2.38. The summed E-state index contributed by atoms with van der Waals surface area (Å²) in [6.07, 6.45) is -3.83. The lowest BCUT2D eigenvalue weighted by atomic mass is 9.73. The molecule has 1 atom stereocenters. The fourth-order valence-corrected chi connectivity index (χ4v) is 4.94. The van der Waals surface area contributed by atoms with Crippen molar-refractivity contribution in [2.45, 2.75) is 48.8 Å². The van der Waals surface area contributed by atoms with Gasteiger partial charge in [0.25, 0.3) is 0 Å². The average Bonchev–Trinajstić information content (AvgIpc) is 3.07. The van der Waals surface area contributed by atoms with Crippen molar-refractivity contribution >= 4 is 20.7 Å². The maximum Gasteiger partial charge on any atom is 0.417 e. The van der Waals surface area contributed by atoms with Crippen LogP contribution in [0.3, 0.4) is 0 Å². The van der Waals surface area contributed by atoms with Crippen molar-refractivity contribution in [2.75, 3.05) is 13.4 Å². The van der Waals surface area contributed by atoms with E-state index in [1.807, 2.05) is 6.19 Å². The van der Waals surface area contributed by atoms with Gasteiger partial charge in [0.1, 0.15) is 5.75 Å². The number of sulfone groups is 1. The number of nitrogens with zero attached hydrogens (tertiary/aromatic N) is 2. The number of alkyl halides is 3. The Morgan fingerprint density at radius 3 is 2.32 bits per heavy atom. The van der Waals surface area contributed by atoms with E-state index in [-0.39, 0.29) is 21.9 Å². The molecule has 2 aromatic carbocycles. The molecule has 1 N–H and O–H groups in total. The van der Waals surface area contributed by atoms with E-state index in [9.17, 15) is 32.0 Å². The molecule has 0 aliphatic carbocycles. The van der Waals surface area contributed by atoms with Gasteiger partial charge in [-0.15, -0.1) is 0 Å². The van der Waals surface area contributed by atoms with Gasteiger partial charge in [-0.25, -0.2) is 8.42 Å². The number of methoxy groups -OCH3 is 1. The molecule has 0 saturated carbocycles. The third kappa shape index (κ3) is 4.76. The zero-order chi connectivity index (χ0) is 25.5. The second-order valence-corrected chi connectivity index (χ2v) is 11.0. The summed E-state index contributed by atoms with van der Waals surface area (Å²) in [5, 5.41) is 21.2. The van der Waals surface area contributed by atoms with Crippen molar-refractivity contribution in [2.24, 2.45) is 0 Å². The molecule has 34 heavy (non-hydrogen) atoms. The monoisotopic (exact) mass is 494 g/mol. The lowest BCUT2D eigenvalue weighted by Crippen LogP contribution is -2.51. The van der Waals surface area contributed by atoms with Gasteiger partial charge in [-0.3, -0.25) is 4.57 Å². The Balaban J connectivity index is 2.11. The smallest absolute Gasteiger partial charge is 0.417 e. The van der Waals surface area contributed by atoms with Gasteiger partial charge in [0, 0.05) is 29.3 Å². The number of benzene rings is 2. The number of fused-ring (bicyclic) bond motifs is 1. The molecule has 1 unspecified atom stereocenters. The van der Waals surface area contributed by atoms with E-state index in [0.717, 1.165) is 10.8 Å². The molecule has 3 rings (SSSR count). The average molecular weight is 495 g/mol. The quantitative estimate of drug-likeness (QED) is 0.519. The van der Waals surface area contributed by atoms with Crippen LogP contribution < -0.4 is 4.74 Å². The third-order valence-corrected chi connectivity index (χ3v) is 7.06. The van der Waals surface area contributed by atoms with Crippen LogP contribution in [0.1, 0.15) is 31.5 Å². The van der Waals surface area contributed by atoms with Crippen LogP contribution >= 0.6 is 0 Å². The first kappa shape index (κ1) is 25.6. The Hall–Kier alpha value is -3.03. The number of nitriles is 1. The summed E-state index contributed by atoms with van der Waals surface area (Å²) in [5.41, 5.74) is -3.92. The first-order valence-electron chi connectivity index (χ1n) is 10.3. The highest BCUT2D eigenvalue weighted by Gasteiger charge is 2.56. The molecular weight excluding hydrogens is 469 g/mol. The number of aromatic nitrogens is 1.